The number of nitrogens with one attached hydrogen (secondary N) is 1. The van der Waals surface area contributed by atoms with Crippen molar-refractivity contribution in [3.63, 3.8) is 0 Å². The molecule has 10 heteroatoms. The van der Waals surface area contributed by atoms with Crippen LogP contribution in [0.3, 0.4) is 0 Å². The van der Waals surface area contributed by atoms with Gasteiger partial charge < -0.3 is 15.0 Å². The van der Waals surface area contributed by atoms with Gasteiger partial charge in [-0.15, -0.1) is 0 Å². The number of rotatable bonds is 6. The third kappa shape index (κ3) is 5.08. The fraction of sp³-hybridized carbons (Fsp3) is 0.357. The molecule has 2 fully saturated rings. The molecule has 3 heterocycles. The maximum atomic E-state index is 14.4. The average molecular weight is 538 g/mol. The number of halogens is 2. The summed E-state index contributed by atoms with van der Waals surface area (Å²) in [6.45, 7) is 2.08. The summed E-state index contributed by atoms with van der Waals surface area (Å²) in [4.78, 5) is 40.0. The molecule has 3 aromatic rings. The Hall–Kier alpha value is -3.56. The Labute approximate surface area is 225 Å². The molecule has 8 nitrogen and oxygen atoms in total. The van der Waals surface area contributed by atoms with E-state index < -0.39 is 17.4 Å². The van der Waals surface area contributed by atoms with E-state index in [2.05, 4.69) is 20.2 Å². The van der Waals surface area contributed by atoms with Crippen LogP contribution in [0, 0.1) is 11.7 Å². The molecular weight excluding hydrogens is 509 g/mol. The third-order valence-corrected chi connectivity index (χ3v) is 7.86. The number of amides is 1. The maximum absolute atomic E-state index is 14.4. The average Bonchev–Trinajstić information content (AvgIpc) is 3.40. The summed E-state index contributed by atoms with van der Waals surface area (Å²) in [5.41, 5.74) is -0.273. The van der Waals surface area contributed by atoms with Crippen LogP contribution in [0.2, 0.25) is 5.02 Å². The number of benzene rings is 2. The molecule has 0 radical (unpaired) electrons. The fourth-order valence-corrected chi connectivity index (χ4v) is 5.67. The zero-order chi connectivity index (χ0) is 26.7. The minimum atomic E-state index is -1.18. The monoisotopic (exact) mass is 537 g/mol. The molecule has 0 bridgehead atoms. The zero-order valence-corrected chi connectivity index (χ0v) is 21.8. The summed E-state index contributed by atoms with van der Waals surface area (Å²) in [5.74, 6) is -0.153. The van der Waals surface area contributed by atoms with Gasteiger partial charge in [0, 0.05) is 62.5 Å². The van der Waals surface area contributed by atoms with Gasteiger partial charge in [0.15, 0.2) is 5.78 Å². The van der Waals surface area contributed by atoms with Crippen molar-refractivity contribution < 1.29 is 18.7 Å². The van der Waals surface area contributed by atoms with Gasteiger partial charge in [0.2, 0.25) is 5.95 Å². The SMILES string of the molecule is CN(C(=O)Oc1ccc(F)cc1)[C@]1(C(=O)C2CCN(c3ncccn3)CC2)CNC[C@H]1c1ccc(Cl)cc1. The number of hydrogen-bond acceptors (Lipinski definition) is 7. The number of hydrogen-bond donors (Lipinski definition) is 1. The van der Waals surface area contributed by atoms with Crippen LogP contribution in [-0.2, 0) is 4.79 Å². The second-order valence-electron chi connectivity index (χ2n) is 9.71. The number of carbonyl (C=O) groups is 2. The molecule has 0 aliphatic carbocycles. The topological polar surface area (TPSA) is 87.7 Å². The van der Waals surface area contributed by atoms with Crippen LogP contribution in [0.4, 0.5) is 15.1 Å². The zero-order valence-electron chi connectivity index (χ0n) is 21.0. The highest BCUT2D eigenvalue weighted by Gasteiger charge is 2.56. The molecule has 2 aliphatic rings. The maximum Gasteiger partial charge on any atom is 0.415 e. The van der Waals surface area contributed by atoms with Crippen LogP contribution in [0.15, 0.2) is 67.0 Å². The van der Waals surface area contributed by atoms with Crippen molar-refractivity contribution in [1.29, 1.82) is 0 Å². The fourth-order valence-electron chi connectivity index (χ4n) is 5.55. The number of anilines is 1. The van der Waals surface area contributed by atoms with E-state index >= 15 is 0 Å². The number of nitrogens with zero attached hydrogens (tertiary/aromatic N) is 4. The molecule has 2 saturated heterocycles. The quantitative estimate of drug-likeness (QED) is 0.501. The van der Waals surface area contributed by atoms with Gasteiger partial charge in [0.05, 0.1) is 0 Å². The molecular formula is C28H29ClFN5O3. The van der Waals surface area contributed by atoms with Gasteiger partial charge in [-0.05, 0) is 60.9 Å². The van der Waals surface area contributed by atoms with Gasteiger partial charge in [0.25, 0.3) is 0 Å². The number of ketones is 1. The van der Waals surface area contributed by atoms with Gasteiger partial charge in [-0.2, -0.15) is 0 Å². The van der Waals surface area contributed by atoms with Gasteiger partial charge >= 0.3 is 6.09 Å². The van der Waals surface area contributed by atoms with Crippen LogP contribution >= 0.6 is 11.6 Å². The Kier molecular flexibility index (Phi) is 7.58. The predicted molar refractivity (Wildman–Crippen MR) is 142 cm³/mol. The molecule has 1 amide bonds. The minimum absolute atomic E-state index is 0.00497. The van der Waals surface area contributed by atoms with Gasteiger partial charge in [-0.25, -0.2) is 19.2 Å². The normalized spacial score (nSPS) is 21.8. The molecule has 198 valence electrons. The second kappa shape index (κ2) is 11.0. The summed E-state index contributed by atoms with van der Waals surface area (Å²) in [6, 6.07) is 14.4. The first-order chi connectivity index (χ1) is 18.4. The molecule has 2 aromatic carbocycles. The predicted octanol–water partition coefficient (Wildman–Crippen LogP) is 4.31. The van der Waals surface area contributed by atoms with E-state index in [1.54, 1.807) is 37.6 Å². The highest BCUT2D eigenvalue weighted by atomic mass is 35.5. The lowest BCUT2D eigenvalue weighted by molar-refractivity contribution is -0.134. The number of aromatic nitrogens is 2. The third-order valence-electron chi connectivity index (χ3n) is 7.61. The molecule has 5 rings (SSSR count). The Balaban J connectivity index is 1.43. The highest BCUT2D eigenvalue weighted by molar-refractivity contribution is 6.30. The molecule has 2 atom stereocenters. The van der Waals surface area contributed by atoms with E-state index in [0.717, 1.165) is 5.56 Å². The van der Waals surface area contributed by atoms with Crippen molar-refractivity contribution in [2.75, 3.05) is 38.1 Å². The standard InChI is InChI=1S/C28H29ClFN5O3/c1-34(27(37)38-23-9-7-22(30)8-10-23)28(18-31-17-24(28)19-3-5-21(29)6-4-19)25(36)20-11-15-35(16-12-20)26-32-13-2-14-33-26/h2-10,13-14,20,24,31H,11-12,15-18H2,1H3/t24-,28+/m0/s1. The number of carbonyl (C=O) groups excluding carboxylic acids is 2. The second-order valence-corrected chi connectivity index (χ2v) is 10.2. The van der Waals surface area contributed by atoms with E-state index in [1.165, 1.54) is 29.2 Å². The minimum Gasteiger partial charge on any atom is -0.410 e. The lowest BCUT2D eigenvalue weighted by atomic mass is 9.72. The summed E-state index contributed by atoms with van der Waals surface area (Å²) in [7, 11) is 1.60. The number of piperidine rings is 1. The van der Waals surface area contributed by atoms with Crippen LogP contribution in [0.5, 0.6) is 5.75 Å². The van der Waals surface area contributed by atoms with Crippen molar-refractivity contribution in [2.24, 2.45) is 5.92 Å². The summed E-state index contributed by atoms with van der Waals surface area (Å²) >= 11 is 6.14. The van der Waals surface area contributed by atoms with E-state index in [1.807, 2.05) is 12.1 Å². The van der Waals surface area contributed by atoms with Crippen molar-refractivity contribution >= 4 is 29.4 Å². The van der Waals surface area contributed by atoms with E-state index in [0.29, 0.717) is 43.4 Å². The van der Waals surface area contributed by atoms with Crippen molar-refractivity contribution in [3.05, 3.63) is 83.4 Å². The first-order valence-electron chi connectivity index (χ1n) is 12.6. The molecule has 1 aromatic heterocycles. The highest BCUT2D eigenvalue weighted by Crippen LogP contribution is 2.41. The van der Waals surface area contributed by atoms with Gasteiger partial charge in [0.1, 0.15) is 17.1 Å². The number of Topliss-reactive ketones (excluding diaryl/α,β-unsaturated/α-hetero) is 1. The molecule has 1 N–H and O–H groups in total. The first kappa shape index (κ1) is 26.1. The van der Waals surface area contributed by atoms with Crippen molar-refractivity contribution in [2.45, 2.75) is 24.3 Å². The van der Waals surface area contributed by atoms with Crippen molar-refractivity contribution in [3.8, 4) is 5.75 Å². The van der Waals surface area contributed by atoms with Crippen LogP contribution < -0.4 is 15.0 Å². The molecule has 2 aliphatic heterocycles. The van der Waals surface area contributed by atoms with Crippen LogP contribution in [0.1, 0.15) is 24.3 Å². The molecule has 38 heavy (non-hydrogen) atoms. The summed E-state index contributed by atoms with van der Waals surface area (Å²) in [5, 5.41) is 3.95. The molecule has 0 spiro atoms. The van der Waals surface area contributed by atoms with Crippen molar-refractivity contribution in [1.82, 2.24) is 20.2 Å². The Morgan fingerprint density at radius 1 is 1.08 bits per heavy atom. The van der Waals surface area contributed by atoms with E-state index in [-0.39, 0.29) is 29.9 Å². The Morgan fingerprint density at radius 2 is 1.74 bits per heavy atom. The lowest BCUT2D eigenvalue weighted by Gasteiger charge is -2.44. The smallest absolute Gasteiger partial charge is 0.410 e. The molecule has 0 unspecified atom stereocenters. The Morgan fingerprint density at radius 3 is 2.39 bits per heavy atom. The van der Waals surface area contributed by atoms with E-state index in [4.69, 9.17) is 16.3 Å². The summed E-state index contributed by atoms with van der Waals surface area (Å²) in [6.07, 6.45) is 3.97. The first-order valence-corrected chi connectivity index (χ1v) is 13.0. The van der Waals surface area contributed by atoms with Crippen LogP contribution in [0.25, 0.3) is 0 Å². The van der Waals surface area contributed by atoms with Crippen LogP contribution in [-0.4, -0.2) is 65.5 Å². The van der Waals surface area contributed by atoms with Gasteiger partial charge in [-0.1, -0.05) is 23.7 Å². The summed E-state index contributed by atoms with van der Waals surface area (Å²) < 4.78 is 19.0. The van der Waals surface area contributed by atoms with Gasteiger partial charge in [-0.3, -0.25) is 9.69 Å². The number of ether oxygens (including phenoxy) is 1. The Bertz CT molecular complexity index is 1270. The number of likely N-dealkylation sites (N-methyl/N-ethyl adjacent to an activating group) is 1. The lowest BCUT2D eigenvalue weighted by Crippen LogP contribution is -2.62. The van der Waals surface area contributed by atoms with E-state index in [9.17, 15) is 14.0 Å². The molecule has 0 saturated carbocycles. The largest absolute Gasteiger partial charge is 0.415 e.